The number of hydrogen-bond acceptors (Lipinski definition) is 2. The first kappa shape index (κ1) is 14.2. The molecule has 1 aliphatic rings. The van der Waals surface area contributed by atoms with Crippen LogP contribution in [0.3, 0.4) is 0 Å². The van der Waals surface area contributed by atoms with Crippen molar-refractivity contribution < 1.29 is 9.59 Å². The van der Waals surface area contributed by atoms with Gasteiger partial charge < -0.3 is 10.6 Å². The molecule has 1 aromatic rings. The summed E-state index contributed by atoms with van der Waals surface area (Å²) in [5, 5.41) is 0.853. The number of likely N-dealkylation sites (tertiary alicyclic amines) is 1. The van der Waals surface area contributed by atoms with Gasteiger partial charge in [-0.1, -0.05) is 23.2 Å². The average Bonchev–Trinajstić information content (AvgIpc) is 2.41. The quantitative estimate of drug-likeness (QED) is 0.911. The molecule has 0 bridgehead atoms. The van der Waals surface area contributed by atoms with E-state index in [1.54, 1.807) is 23.1 Å². The van der Waals surface area contributed by atoms with E-state index in [9.17, 15) is 9.59 Å². The van der Waals surface area contributed by atoms with Crippen LogP contribution in [0, 0.1) is 5.92 Å². The molecule has 19 heavy (non-hydrogen) atoms. The molecule has 0 aromatic heterocycles. The van der Waals surface area contributed by atoms with Crippen molar-refractivity contribution in [2.45, 2.75) is 12.8 Å². The predicted molar refractivity (Wildman–Crippen MR) is 74.3 cm³/mol. The summed E-state index contributed by atoms with van der Waals surface area (Å²) in [6.45, 7) is 1.02. The number of primary amides is 1. The summed E-state index contributed by atoms with van der Waals surface area (Å²) in [7, 11) is 0. The average molecular weight is 301 g/mol. The number of benzene rings is 1. The maximum absolute atomic E-state index is 12.3. The van der Waals surface area contributed by atoms with Gasteiger partial charge in [0.1, 0.15) is 0 Å². The van der Waals surface area contributed by atoms with Gasteiger partial charge in [0.25, 0.3) is 5.91 Å². The topological polar surface area (TPSA) is 63.4 Å². The van der Waals surface area contributed by atoms with Crippen LogP contribution in [-0.4, -0.2) is 29.8 Å². The maximum atomic E-state index is 12.3. The minimum absolute atomic E-state index is 0.140. The van der Waals surface area contributed by atoms with Crippen molar-refractivity contribution in [1.82, 2.24) is 4.90 Å². The van der Waals surface area contributed by atoms with Crippen molar-refractivity contribution in [2.24, 2.45) is 11.7 Å². The van der Waals surface area contributed by atoms with Gasteiger partial charge in [0, 0.05) is 24.0 Å². The number of nitrogens with zero attached hydrogens (tertiary/aromatic N) is 1. The SMILES string of the molecule is NC(=O)C1CCN(C(=O)c2cc(Cl)ccc2Cl)CC1. The van der Waals surface area contributed by atoms with Gasteiger partial charge in [-0.2, -0.15) is 0 Å². The summed E-state index contributed by atoms with van der Waals surface area (Å²) in [4.78, 5) is 25.1. The molecule has 6 heteroatoms. The van der Waals surface area contributed by atoms with Gasteiger partial charge in [-0.05, 0) is 31.0 Å². The van der Waals surface area contributed by atoms with Crippen LogP contribution < -0.4 is 5.73 Å². The van der Waals surface area contributed by atoms with Crippen molar-refractivity contribution in [3.63, 3.8) is 0 Å². The minimum Gasteiger partial charge on any atom is -0.369 e. The van der Waals surface area contributed by atoms with Crippen LogP contribution in [0.15, 0.2) is 18.2 Å². The molecule has 1 aromatic carbocycles. The van der Waals surface area contributed by atoms with Crippen LogP contribution in [0.4, 0.5) is 0 Å². The van der Waals surface area contributed by atoms with E-state index in [2.05, 4.69) is 0 Å². The highest BCUT2D eigenvalue weighted by molar-refractivity contribution is 6.35. The van der Waals surface area contributed by atoms with Crippen molar-refractivity contribution in [3.05, 3.63) is 33.8 Å². The van der Waals surface area contributed by atoms with E-state index in [0.29, 0.717) is 41.5 Å². The Morgan fingerprint density at radius 2 is 1.84 bits per heavy atom. The lowest BCUT2D eigenvalue weighted by atomic mass is 9.96. The molecule has 0 aliphatic carbocycles. The number of nitrogens with two attached hydrogens (primary N) is 1. The molecule has 102 valence electrons. The summed E-state index contributed by atoms with van der Waals surface area (Å²) in [5.74, 6) is -0.595. The number of carbonyl (C=O) groups excluding carboxylic acids is 2. The van der Waals surface area contributed by atoms with Gasteiger partial charge in [0.2, 0.25) is 5.91 Å². The van der Waals surface area contributed by atoms with Crippen molar-refractivity contribution in [2.75, 3.05) is 13.1 Å². The number of hydrogen-bond donors (Lipinski definition) is 1. The summed E-state index contributed by atoms with van der Waals surface area (Å²) in [6, 6.07) is 4.81. The maximum Gasteiger partial charge on any atom is 0.255 e. The fourth-order valence-electron chi connectivity index (χ4n) is 2.20. The largest absolute Gasteiger partial charge is 0.369 e. The molecule has 0 atom stereocenters. The molecule has 2 rings (SSSR count). The van der Waals surface area contributed by atoms with Crippen LogP contribution in [0.1, 0.15) is 23.2 Å². The first-order valence-electron chi connectivity index (χ1n) is 6.02. The zero-order valence-corrected chi connectivity index (χ0v) is 11.7. The molecule has 4 nitrogen and oxygen atoms in total. The van der Waals surface area contributed by atoms with E-state index in [0.717, 1.165) is 0 Å². The zero-order chi connectivity index (χ0) is 14.0. The third-order valence-electron chi connectivity index (χ3n) is 3.34. The number of piperidine rings is 1. The fraction of sp³-hybridized carbons (Fsp3) is 0.385. The number of rotatable bonds is 2. The standard InChI is InChI=1S/C13H14Cl2N2O2/c14-9-1-2-11(15)10(7-9)13(19)17-5-3-8(4-6-17)12(16)18/h1-2,7-8H,3-6H2,(H2,16,18). The Morgan fingerprint density at radius 3 is 2.42 bits per heavy atom. The van der Waals surface area contributed by atoms with Gasteiger partial charge in [-0.25, -0.2) is 0 Å². The molecule has 0 unspecified atom stereocenters. The van der Waals surface area contributed by atoms with Crippen molar-refractivity contribution in [1.29, 1.82) is 0 Å². The second-order valence-electron chi connectivity index (χ2n) is 4.59. The van der Waals surface area contributed by atoms with E-state index in [-0.39, 0.29) is 17.7 Å². The van der Waals surface area contributed by atoms with E-state index >= 15 is 0 Å². The van der Waals surface area contributed by atoms with Crippen LogP contribution in [0.2, 0.25) is 10.0 Å². The molecule has 2 amide bonds. The molecular weight excluding hydrogens is 287 g/mol. The van der Waals surface area contributed by atoms with Crippen LogP contribution in [-0.2, 0) is 4.79 Å². The Kier molecular flexibility index (Phi) is 4.32. The minimum atomic E-state index is -0.298. The van der Waals surface area contributed by atoms with Gasteiger partial charge in [-0.15, -0.1) is 0 Å². The highest BCUT2D eigenvalue weighted by atomic mass is 35.5. The molecule has 2 N–H and O–H groups in total. The summed E-state index contributed by atoms with van der Waals surface area (Å²) in [5.41, 5.74) is 5.66. The summed E-state index contributed by atoms with van der Waals surface area (Å²) < 4.78 is 0. The van der Waals surface area contributed by atoms with Gasteiger partial charge in [-0.3, -0.25) is 9.59 Å². The lowest BCUT2D eigenvalue weighted by Gasteiger charge is -2.30. The Balaban J connectivity index is 2.09. The third kappa shape index (κ3) is 3.19. The second-order valence-corrected chi connectivity index (χ2v) is 5.44. The van der Waals surface area contributed by atoms with Gasteiger partial charge >= 0.3 is 0 Å². The molecular formula is C13H14Cl2N2O2. The van der Waals surface area contributed by atoms with E-state index in [1.165, 1.54) is 0 Å². The van der Waals surface area contributed by atoms with Crippen LogP contribution in [0.5, 0.6) is 0 Å². The fourth-order valence-corrected chi connectivity index (χ4v) is 2.57. The molecule has 1 heterocycles. The highest BCUT2D eigenvalue weighted by Crippen LogP contribution is 2.24. The number of amides is 2. The lowest BCUT2D eigenvalue weighted by Crippen LogP contribution is -2.41. The van der Waals surface area contributed by atoms with Crippen molar-refractivity contribution in [3.8, 4) is 0 Å². The number of carbonyl (C=O) groups is 2. The second kappa shape index (κ2) is 5.80. The lowest BCUT2D eigenvalue weighted by molar-refractivity contribution is -0.123. The Bertz CT molecular complexity index is 511. The summed E-state index contributed by atoms with van der Waals surface area (Å²) in [6.07, 6.45) is 1.19. The smallest absolute Gasteiger partial charge is 0.255 e. The monoisotopic (exact) mass is 300 g/mol. The Labute approximate surface area is 121 Å². The molecule has 0 radical (unpaired) electrons. The molecule has 0 spiro atoms. The van der Waals surface area contributed by atoms with E-state index in [1.807, 2.05) is 0 Å². The van der Waals surface area contributed by atoms with Crippen LogP contribution in [0.25, 0.3) is 0 Å². The highest BCUT2D eigenvalue weighted by Gasteiger charge is 2.27. The van der Waals surface area contributed by atoms with Crippen molar-refractivity contribution >= 4 is 35.0 Å². The Morgan fingerprint density at radius 1 is 1.21 bits per heavy atom. The molecule has 0 saturated carbocycles. The number of halogens is 2. The first-order valence-corrected chi connectivity index (χ1v) is 6.78. The van der Waals surface area contributed by atoms with E-state index in [4.69, 9.17) is 28.9 Å². The summed E-state index contributed by atoms with van der Waals surface area (Å²) >= 11 is 11.9. The Hall–Kier alpha value is -1.26. The van der Waals surface area contributed by atoms with Gasteiger partial charge in [0.15, 0.2) is 0 Å². The molecule has 1 aliphatic heterocycles. The zero-order valence-electron chi connectivity index (χ0n) is 10.2. The van der Waals surface area contributed by atoms with Crippen LogP contribution >= 0.6 is 23.2 Å². The normalized spacial score (nSPS) is 16.4. The van der Waals surface area contributed by atoms with Gasteiger partial charge in [0.05, 0.1) is 10.6 Å². The first-order chi connectivity index (χ1) is 8.99. The molecule has 1 fully saturated rings. The molecule has 1 saturated heterocycles. The van der Waals surface area contributed by atoms with E-state index < -0.39 is 0 Å². The third-order valence-corrected chi connectivity index (χ3v) is 3.91. The predicted octanol–water partition coefficient (Wildman–Crippen LogP) is 2.33.